The van der Waals surface area contributed by atoms with Crippen molar-refractivity contribution in [3.05, 3.63) is 35.9 Å². The van der Waals surface area contributed by atoms with E-state index in [1.807, 2.05) is 0 Å². The summed E-state index contributed by atoms with van der Waals surface area (Å²) in [6.45, 7) is 8.69. The summed E-state index contributed by atoms with van der Waals surface area (Å²) < 4.78 is 60.9. The number of hydrogen-bond donors (Lipinski definition) is 3. The zero-order valence-corrected chi connectivity index (χ0v) is 21.5. The summed E-state index contributed by atoms with van der Waals surface area (Å²) >= 11 is 6.37. The molecule has 35 heavy (non-hydrogen) atoms. The lowest BCUT2D eigenvalue weighted by Crippen LogP contribution is -2.54. The Hall–Kier alpha value is -1.82. The number of anilines is 1. The molecule has 2 fully saturated rings. The van der Waals surface area contributed by atoms with Crippen molar-refractivity contribution in [1.82, 2.24) is 9.62 Å². The molecule has 1 saturated heterocycles. The van der Waals surface area contributed by atoms with E-state index in [1.54, 1.807) is 24.3 Å². The highest BCUT2D eigenvalue weighted by molar-refractivity contribution is 7.89. The minimum atomic E-state index is -5.08. The van der Waals surface area contributed by atoms with Gasteiger partial charge in [-0.15, -0.1) is 6.58 Å². The molecule has 1 aromatic carbocycles. The molecule has 1 saturated carbocycles. The summed E-state index contributed by atoms with van der Waals surface area (Å²) in [5, 5.41) is 10.7. The fourth-order valence-corrected chi connectivity index (χ4v) is 5.83. The maximum absolute atomic E-state index is 13.1. The van der Waals surface area contributed by atoms with E-state index in [0.29, 0.717) is 11.8 Å². The van der Waals surface area contributed by atoms with Gasteiger partial charge in [0, 0.05) is 17.8 Å². The Morgan fingerprint density at radius 3 is 2.29 bits per heavy atom. The van der Waals surface area contributed by atoms with Crippen LogP contribution in [0.2, 0.25) is 5.02 Å². The zero-order valence-electron chi connectivity index (χ0n) is 19.9. The molecule has 0 aromatic heterocycles. The normalized spacial score (nSPS) is 19.3. The zero-order chi connectivity index (χ0) is 26.5. The quantitative estimate of drug-likeness (QED) is 0.386. The number of alkyl halides is 3. The molecule has 7 nitrogen and oxygen atoms in total. The molecule has 1 aromatic rings. The molecule has 2 aliphatic rings. The first-order valence-corrected chi connectivity index (χ1v) is 13.1. The fraction of sp³-hybridized carbons (Fsp3) is 0.609. The van der Waals surface area contributed by atoms with Gasteiger partial charge < -0.3 is 15.3 Å². The Labute approximate surface area is 209 Å². The first-order valence-electron chi connectivity index (χ1n) is 11.3. The Bertz CT molecular complexity index is 1010. The topological polar surface area (TPSA) is 98.7 Å². The monoisotopic (exact) mass is 539 g/mol. The molecule has 3 N–H and O–H groups in total. The molecule has 3 rings (SSSR count). The summed E-state index contributed by atoms with van der Waals surface area (Å²) in [5.41, 5.74) is 0.846. The lowest BCUT2D eigenvalue weighted by atomic mass is 9.86. The molecule has 0 radical (unpaired) electrons. The van der Waals surface area contributed by atoms with Crippen LogP contribution in [0, 0.1) is 5.41 Å². The minimum Gasteiger partial charge on any atom is -0.475 e. The molecule has 1 aliphatic carbocycles. The predicted octanol–water partition coefficient (Wildman–Crippen LogP) is 4.89. The van der Waals surface area contributed by atoms with Crippen molar-refractivity contribution in [1.29, 1.82) is 0 Å². The highest BCUT2D eigenvalue weighted by atomic mass is 35.5. The van der Waals surface area contributed by atoms with Gasteiger partial charge in [-0.2, -0.15) is 13.2 Å². The standard InChI is InChI=1S/C21H32ClN3O2S.C2HF3O2/c1-4-7-21(11-14-25(3)15-12-21)24-28(26,27)19-6-5-17(16-18(19)22)23-13-10-20(2)8-9-20;3-2(4,5)1(6)7/h4-6,16,23-24H,1,7-15H2,2-3H3;(H,6,7). The van der Waals surface area contributed by atoms with Crippen molar-refractivity contribution in [3.8, 4) is 0 Å². The SMILES string of the molecule is C=CCC1(NS(=O)(=O)c2ccc(NCCC3(C)CC3)cc2Cl)CCN(C)CC1.O=C(O)C(F)(F)F. The van der Waals surface area contributed by atoms with Crippen molar-refractivity contribution in [2.24, 2.45) is 5.41 Å². The maximum Gasteiger partial charge on any atom is 0.490 e. The largest absolute Gasteiger partial charge is 0.490 e. The van der Waals surface area contributed by atoms with Crippen LogP contribution in [0.3, 0.4) is 0 Å². The van der Waals surface area contributed by atoms with Crippen LogP contribution in [-0.4, -0.2) is 62.8 Å². The number of aliphatic carboxylic acids is 1. The van der Waals surface area contributed by atoms with E-state index in [-0.39, 0.29) is 9.92 Å². The minimum absolute atomic E-state index is 0.135. The first-order chi connectivity index (χ1) is 16.1. The number of carboxylic acid groups (broad SMARTS) is 1. The Kier molecular flexibility index (Phi) is 9.66. The summed E-state index contributed by atoms with van der Waals surface area (Å²) in [7, 11) is -1.66. The molecule has 0 bridgehead atoms. The van der Waals surface area contributed by atoms with Crippen LogP contribution in [-0.2, 0) is 14.8 Å². The Balaban J connectivity index is 0.000000540. The number of piperidine rings is 1. The number of nitrogens with one attached hydrogen (secondary N) is 2. The maximum atomic E-state index is 13.1. The van der Waals surface area contributed by atoms with Crippen molar-refractivity contribution in [2.75, 3.05) is 32.0 Å². The highest BCUT2D eigenvalue weighted by Crippen LogP contribution is 2.47. The van der Waals surface area contributed by atoms with E-state index in [0.717, 1.165) is 44.6 Å². The van der Waals surface area contributed by atoms with Crippen LogP contribution in [0.5, 0.6) is 0 Å². The van der Waals surface area contributed by atoms with Crippen LogP contribution < -0.4 is 10.0 Å². The second-order valence-electron chi connectivity index (χ2n) is 9.62. The van der Waals surface area contributed by atoms with Gasteiger partial charge in [-0.3, -0.25) is 0 Å². The molecule has 198 valence electrons. The molecule has 0 amide bonds. The summed E-state index contributed by atoms with van der Waals surface area (Å²) in [6.07, 6.45) is 2.53. The third kappa shape index (κ3) is 8.96. The van der Waals surface area contributed by atoms with Crippen LogP contribution in [0.25, 0.3) is 0 Å². The summed E-state index contributed by atoms with van der Waals surface area (Å²) in [6, 6.07) is 5.10. The molecule has 1 heterocycles. The first kappa shape index (κ1) is 29.4. The van der Waals surface area contributed by atoms with Gasteiger partial charge in [0.25, 0.3) is 0 Å². The second kappa shape index (κ2) is 11.5. The van der Waals surface area contributed by atoms with E-state index in [2.05, 4.69) is 35.5 Å². The van der Waals surface area contributed by atoms with Gasteiger partial charge in [-0.25, -0.2) is 17.9 Å². The molecule has 0 atom stereocenters. The van der Waals surface area contributed by atoms with E-state index < -0.39 is 27.7 Å². The number of nitrogens with zero attached hydrogens (tertiary/aromatic N) is 1. The molecule has 0 spiro atoms. The summed E-state index contributed by atoms with van der Waals surface area (Å²) in [4.78, 5) is 11.2. The van der Waals surface area contributed by atoms with E-state index in [4.69, 9.17) is 21.5 Å². The highest BCUT2D eigenvalue weighted by Gasteiger charge is 2.39. The Morgan fingerprint density at radius 1 is 1.26 bits per heavy atom. The number of hydrogen-bond acceptors (Lipinski definition) is 5. The average molecular weight is 540 g/mol. The van der Waals surface area contributed by atoms with Gasteiger partial charge in [0.1, 0.15) is 4.90 Å². The molecule has 12 heteroatoms. The fourth-order valence-electron chi connectivity index (χ4n) is 3.81. The molecule has 0 unspecified atom stereocenters. The van der Waals surface area contributed by atoms with Crippen LogP contribution in [0.4, 0.5) is 18.9 Å². The van der Waals surface area contributed by atoms with Gasteiger partial charge in [-0.05, 0) is 82.3 Å². The number of carboxylic acids is 1. The molecular formula is C23H33ClF3N3O4S. The van der Waals surface area contributed by atoms with Crippen molar-refractivity contribution in [2.45, 2.75) is 62.1 Å². The molecule has 1 aliphatic heterocycles. The van der Waals surface area contributed by atoms with Crippen LogP contribution in [0.15, 0.2) is 35.7 Å². The van der Waals surface area contributed by atoms with Crippen molar-refractivity contribution >= 4 is 33.3 Å². The number of benzene rings is 1. The number of likely N-dealkylation sites (tertiary alicyclic amines) is 1. The number of halogens is 4. The number of sulfonamides is 1. The van der Waals surface area contributed by atoms with E-state index >= 15 is 0 Å². The smallest absolute Gasteiger partial charge is 0.475 e. The average Bonchev–Trinajstić information content (AvgIpc) is 3.47. The lowest BCUT2D eigenvalue weighted by Gasteiger charge is -2.40. The molecular weight excluding hydrogens is 507 g/mol. The van der Waals surface area contributed by atoms with E-state index in [9.17, 15) is 21.6 Å². The predicted molar refractivity (Wildman–Crippen MR) is 130 cm³/mol. The van der Waals surface area contributed by atoms with Gasteiger partial charge in [0.2, 0.25) is 10.0 Å². The Morgan fingerprint density at radius 2 is 1.83 bits per heavy atom. The van der Waals surface area contributed by atoms with Crippen molar-refractivity contribution < 1.29 is 31.5 Å². The number of rotatable bonds is 9. The lowest BCUT2D eigenvalue weighted by molar-refractivity contribution is -0.192. The van der Waals surface area contributed by atoms with Gasteiger partial charge in [-0.1, -0.05) is 24.6 Å². The second-order valence-corrected chi connectivity index (χ2v) is 11.7. The van der Waals surface area contributed by atoms with Gasteiger partial charge in [0.05, 0.1) is 5.02 Å². The van der Waals surface area contributed by atoms with Crippen molar-refractivity contribution in [3.63, 3.8) is 0 Å². The van der Waals surface area contributed by atoms with Gasteiger partial charge in [0.15, 0.2) is 0 Å². The van der Waals surface area contributed by atoms with Gasteiger partial charge >= 0.3 is 12.1 Å². The third-order valence-corrected chi connectivity index (χ3v) is 8.52. The van der Waals surface area contributed by atoms with Crippen LogP contribution >= 0.6 is 11.6 Å². The van der Waals surface area contributed by atoms with E-state index in [1.165, 1.54) is 12.8 Å². The van der Waals surface area contributed by atoms with Crippen LogP contribution in [0.1, 0.15) is 45.4 Å². The number of carbonyl (C=O) groups is 1. The third-order valence-electron chi connectivity index (χ3n) is 6.46. The summed E-state index contributed by atoms with van der Waals surface area (Å²) in [5.74, 6) is -2.76.